The summed E-state index contributed by atoms with van der Waals surface area (Å²) >= 11 is 0. The molecule has 0 aromatic carbocycles. The molecule has 0 bridgehead atoms. The van der Waals surface area contributed by atoms with Crippen molar-refractivity contribution in [2.75, 3.05) is 0 Å². The summed E-state index contributed by atoms with van der Waals surface area (Å²) in [5, 5.41) is 0. The summed E-state index contributed by atoms with van der Waals surface area (Å²) in [6.07, 6.45) is 19.8. The van der Waals surface area contributed by atoms with E-state index < -0.39 is 26.1 Å². The summed E-state index contributed by atoms with van der Waals surface area (Å²) in [6.45, 7) is 22.0. The van der Waals surface area contributed by atoms with Gasteiger partial charge in [-0.1, -0.05) is 52.8 Å². The predicted molar refractivity (Wildman–Crippen MR) is 172 cm³/mol. The quantitative estimate of drug-likeness (QED) is 0.0658. The van der Waals surface area contributed by atoms with Crippen LogP contribution in [0.2, 0.25) is 18.1 Å². The Labute approximate surface area is 258 Å². The second-order valence-corrected chi connectivity index (χ2v) is 16.9. The van der Waals surface area contributed by atoms with Gasteiger partial charge in [0.1, 0.15) is 24.4 Å². The van der Waals surface area contributed by atoms with E-state index in [-0.39, 0.29) is 42.4 Å². The fourth-order valence-electron chi connectivity index (χ4n) is 5.87. The number of carbonyl (C=O) groups is 1. The third-order valence-corrected chi connectivity index (χ3v) is 13.3. The molecule has 0 saturated carbocycles. The first-order chi connectivity index (χ1) is 20.0. The average molecular weight is 601 g/mol. The summed E-state index contributed by atoms with van der Waals surface area (Å²) in [5.41, 5.74) is 0. The number of rotatable bonds is 19. The molecule has 0 amide bonds. The lowest BCUT2D eigenvalue weighted by Gasteiger charge is -2.41. The number of hydrogen-bond donors (Lipinski definition) is 0. The maximum absolute atomic E-state index is 13.2. The van der Waals surface area contributed by atoms with Crippen molar-refractivity contribution >= 4 is 14.3 Å². The fourth-order valence-corrected chi connectivity index (χ4v) is 8.73. The summed E-state index contributed by atoms with van der Waals surface area (Å²) in [6, 6.07) is 2.99. The average Bonchev–Trinajstić information content (AvgIpc) is 3.57. The van der Waals surface area contributed by atoms with Gasteiger partial charge in [-0.05, 0) is 83.8 Å². The zero-order valence-electron chi connectivity index (χ0n) is 27.2. The van der Waals surface area contributed by atoms with E-state index >= 15 is 0 Å². The lowest BCUT2D eigenvalue weighted by molar-refractivity contribution is -0.168. The van der Waals surface area contributed by atoms with Gasteiger partial charge in [-0.25, -0.2) is 0 Å². The standard InChI is InChI=1S/C35H56O6Si/c1-11-17-21-27(8)34(36)38-32(26(7)20-12-2)33(41-42(14-4,15-5)16-6)31-25-24-28(37-31)22-18-19-23-30-29(13-3)39-35(9,10)40-30/h2,11,13,17,19,21,23,26-33H,1,3,14-16,18,20,22,24-25H2,4-10H3/b23-19+/t26-,27-,28+,29-,30-,31+,32-,33-/m1/s1. The molecule has 2 aliphatic rings. The maximum atomic E-state index is 13.2. The van der Waals surface area contributed by atoms with Crippen molar-refractivity contribution in [2.45, 2.75) is 141 Å². The summed E-state index contributed by atoms with van der Waals surface area (Å²) in [4.78, 5) is 13.2. The van der Waals surface area contributed by atoms with E-state index in [1.165, 1.54) is 0 Å². The lowest BCUT2D eigenvalue weighted by Crippen LogP contribution is -2.52. The predicted octanol–water partition coefficient (Wildman–Crippen LogP) is 7.62. The zero-order valence-corrected chi connectivity index (χ0v) is 28.2. The SMILES string of the molecule is C#CC[C@@H](C)[C@@H](OC(=O)[C@H](C)[CH][CH][CH][CH2])[C@H](O[Si](CC)(CC)CC)[C@@H]1CC[C@H](CC/C=C/[C@H]2OC(C)(C)O[C@@H]2C=C)O1. The summed E-state index contributed by atoms with van der Waals surface area (Å²) in [7, 11) is -2.06. The Kier molecular flexibility index (Phi) is 15.5. The monoisotopic (exact) mass is 600 g/mol. The minimum atomic E-state index is -2.06. The van der Waals surface area contributed by atoms with Crippen LogP contribution in [0.15, 0.2) is 24.8 Å². The van der Waals surface area contributed by atoms with Gasteiger partial charge >= 0.3 is 5.97 Å². The smallest absolute Gasteiger partial charge is 0.309 e. The van der Waals surface area contributed by atoms with E-state index in [9.17, 15) is 4.79 Å². The van der Waals surface area contributed by atoms with Crippen molar-refractivity contribution in [1.29, 1.82) is 0 Å². The van der Waals surface area contributed by atoms with Gasteiger partial charge in [0.05, 0.1) is 18.1 Å². The van der Waals surface area contributed by atoms with Crippen molar-refractivity contribution in [2.24, 2.45) is 11.8 Å². The van der Waals surface area contributed by atoms with Crippen LogP contribution in [-0.2, 0) is 28.2 Å². The summed E-state index contributed by atoms with van der Waals surface area (Å²) in [5.74, 6) is 1.40. The van der Waals surface area contributed by atoms with Crippen molar-refractivity contribution < 1.29 is 28.2 Å². The Bertz CT molecular complexity index is 882. The Balaban J connectivity index is 2.19. The second kappa shape index (κ2) is 17.8. The molecule has 0 N–H and O–H groups in total. The number of allylic oxidation sites excluding steroid dienone is 1. The Hall–Kier alpha value is -1.43. The molecular weight excluding hydrogens is 544 g/mol. The van der Waals surface area contributed by atoms with E-state index in [0.717, 1.165) is 43.8 Å². The van der Waals surface area contributed by atoms with Gasteiger partial charge < -0.3 is 23.4 Å². The van der Waals surface area contributed by atoms with Crippen LogP contribution in [0.3, 0.4) is 0 Å². The topological polar surface area (TPSA) is 63.2 Å². The van der Waals surface area contributed by atoms with E-state index in [2.05, 4.69) is 59.3 Å². The van der Waals surface area contributed by atoms with Gasteiger partial charge in [0.2, 0.25) is 0 Å². The van der Waals surface area contributed by atoms with Crippen LogP contribution < -0.4 is 0 Å². The zero-order chi connectivity index (χ0) is 31.3. The number of ether oxygens (including phenoxy) is 4. The van der Waals surface area contributed by atoms with E-state index in [1.54, 1.807) is 25.3 Å². The third kappa shape index (κ3) is 10.6. The third-order valence-electron chi connectivity index (χ3n) is 8.69. The van der Waals surface area contributed by atoms with Crippen LogP contribution in [0.5, 0.6) is 0 Å². The lowest BCUT2D eigenvalue weighted by atomic mass is 9.92. The summed E-state index contributed by atoms with van der Waals surface area (Å²) < 4.78 is 32.0. The molecule has 0 unspecified atom stereocenters. The Morgan fingerprint density at radius 1 is 1.14 bits per heavy atom. The first-order valence-electron chi connectivity index (χ1n) is 15.9. The molecule has 236 valence electrons. The largest absolute Gasteiger partial charge is 0.459 e. The number of carbonyl (C=O) groups excluding carboxylic acids is 1. The molecule has 0 spiro atoms. The van der Waals surface area contributed by atoms with Gasteiger partial charge in [0.25, 0.3) is 0 Å². The Morgan fingerprint density at radius 3 is 2.40 bits per heavy atom. The number of esters is 1. The van der Waals surface area contributed by atoms with Crippen molar-refractivity contribution in [1.82, 2.24) is 0 Å². The van der Waals surface area contributed by atoms with E-state index in [4.69, 9.17) is 29.8 Å². The number of hydrogen-bond acceptors (Lipinski definition) is 6. The van der Waals surface area contributed by atoms with Crippen molar-refractivity contribution in [3.05, 3.63) is 51.0 Å². The fraction of sp³-hybridized carbons (Fsp3) is 0.686. The minimum Gasteiger partial charge on any atom is -0.459 e. The minimum absolute atomic E-state index is 0.0712. The highest BCUT2D eigenvalue weighted by Crippen LogP contribution is 2.36. The number of unbranched alkanes of at least 4 members (excludes halogenated alkanes) is 1. The molecule has 2 fully saturated rings. The molecule has 2 rings (SSSR count). The highest BCUT2D eigenvalue weighted by molar-refractivity contribution is 6.73. The molecule has 0 aliphatic carbocycles. The van der Waals surface area contributed by atoms with E-state index in [1.807, 2.05) is 20.8 Å². The van der Waals surface area contributed by atoms with Crippen LogP contribution in [0, 0.1) is 50.4 Å². The van der Waals surface area contributed by atoms with E-state index in [0.29, 0.717) is 6.42 Å². The van der Waals surface area contributed by atoms with Gasteiger partial charge in [-0.15, -0.1) is 18.9 Å². The van der Waals surface area contributed by atoms with Crippen LogP contribution in [0.4, 0.5) is 0 Å². The van der Waals surface area contributed by atoms with Gasteiger partial charge in [-0.3, -0.25) is 4.79 Å². The molecule has 2 aliphatic heterocycles. The van der Waals surface area contributed by atoms with Crippen LogP contribution in [0.25, 0.3) is 0 Å². The molecule has 42 heavy (non-hydrogen) atoms. The number of terminal acetylenes is 1. The van der Waals surface area contributed by atoms with Crippen LogP contribution in [0.1, 0.15) is 80.6 Å². The molecule has 8 atom stereocenters. The maximum Gasteiger partial charge on any atom is 0.309 e. The second-order valence-electron chi connectivity index (χ2n) is 12.2. The van der Waals surface area contributed by atoms with Gasteiger partial charge in [-0.2, -0.15) is 0 Å². The molecule has 6 nitrogen and oxygen atoms in total. The van der Waals surface area contributed by atoms with Gasteiger partial charge in [0.15, 0.2) is 14.1 Å². The molecule has 2 heterocycles. The van der Waals surface area contributed by atoms with Crippen molar-refractivity contribution in [3.8, 4) is 12.3 Å². The highest BCUT2D eigenvalue weighted by atomic mass is 28.4. The molecule has 4 radical (unpaired) electrons. The molecular formula is C35H56O6Si. The molecule has 0 aromatic heterocycles. The first kappa shape index (κ1) is 36.8. The van der Waals surface area contributed by atoms with Crippen LogP contribution in [-0.4, -0.2) is 56.7 Å². The van der Waals surface area contributed by atoms with Crippen molar-refractivity contribution in [3.63, 3.8) is 0 Å². The molecule has 0 aromatic rings. The highest BCUT2D eigenvalue weighted by Gasteiger charge is 2.45. The normalized spacial score (nSPS) is 26.9. The molecule has 2 saturated heterocycles. The Morgan fingerprint density at radius 2 is 1.81 bits per heavy atom. The van der Waals surface area contributed by atoms with Crippen LogP contribution >= 0.6 is 0 Å². The molecule has 7 heteroatoms. The first-order valence-corrected chi connectivity index (χ1v) is 18.4. The van der Waals surface area contributed by atoms with Gasteiger partial charge in [0, 0.05) is 12.3 Å².